The van der Waals surface area contributed by atoms with Crippen molar-refractivity contribution in [3.05, 3.63) is 72.1 Å². The van der Waals surface area contributed by atoms with Crippen molar-refractivity contribution in [2.24, 2.45) is 0 Å². The van der Waals surface area contributed by atoms with Crippen molar-refractivity contribution in [2.45, 2.75) is 32.6 Å². The molecule has 0 bridgehead atoms. The van der Waals surface area contributed by atoms with Gasteiger partial charge in [-0.25, -0.2) is 19.3 Å². The number of carbonyl (C=O) groups is 1. The molecule has 3 heterocycles. The lowest BCUT2D eigenvalue weighted by atomic mass is 9.90. The lowest BCUT2D eigenvalue weighted by molar-refractivity contribution is 0.0960. The molecule has 1 amide bonds. The zero-order valence-electron chi connectivity index (χ0n) is 20.7. The van der Waals surface area contributed by atoms with Gasteiger partial charge in [-0.1, -0.05) is 25.1 Å². The van der Waals surface area contributed by atoms with Crippen LogP contribution in [0.5, 0.6) is 0 Å². The number of aromatic nitrogens is 4. The Bertz CT molecular complexity index is 1340. The second-order valence-electron chi connectivity index (χ2n) is 8.38. The Hall–Kier alpha value is -4.14. The fourth-order valence-electron chi connectivity index (χ4n) is 4.30. The number of anilines is 2. The second kappa shape index (κ2) is 11.5. The van der Waals surface area contributed by atoms with Crippen LogP contribution in [-0.2, 0) is 0 Å². The van der Waals surface area contributed by atoms with E-state index in [0.717, 1.165) is 54.0 Å². The molecule has 36 heavy (non-hydrogen) atoms. The van der Waals surface area contributed by atoms with Crippen LogP contribution in [0.25, 0.3) is 22.2 Å². The largest absolute Gasteiger partial charge is 0.370 e. The molecule has 0 fully saturated rings. The number of fused-ring (bicyclic) bond motifs is 1. The molecule has 9 heteroatoms. The number of rotatable bonds is 10. The number of para-hydroxylation sites is 1. The predicted molar refractivity (Wildman–Crippen MR) is 141 cm³/mol. The number of carbonyl (C=O) groups excluding carboxylic acids is 1. The Morgan fingerprint density at radius 1 is 1.00 bits per heavy atom. The van der Waals surface area contributed by atoms with Gasteiger partial charge in [0.25, 0.3) is 5.91 Å². The molecule has 3 aromatic heterocycles. The number of hydrogen-bond acceptors (Lipinski definition) is 7. The van der Waals surface area contributed by atoms with Crippen LogP contribution in [0.2, 0.25) is 0 Å². The highest BCUT2D eigenvalue weighted by Crippen LogP contribution is 2.31. The van der Waals surface area contributed by atoms with Gasteiger partial charge in [0.1, 0.15) is 18.0 Å². The molecule has 0 aliphatic heterocycles. The van der Waals surface area contributed by atoms with E-state index in [1.807, 2.05) is 37.3 Å². The molecule has 1 atom stereocenters. The molecule has 1 unspecified atom stereocenters. The van der Waals surface area contributed by atoms with Crippen molar-refractivity contribution in [2.75, 3.05) is 30.8 Å². The SMILES string of the molecule is CCNc1ccc(-c2cc(NCCC(CC)c3cccc4c(C(=O)NC)c(F)cnc34)ncn2)cn1. The highest BCUT2D eigenvalue weighted by Gasteiger charge is 2.20. The van der Waals surface area contributed by atoms with Gasteiger partial charge < -0.3 is 16.0 Å². The van der Waals surface area contributed by atoms with Crippen LogP contribution in [0.15, 0.2) is 55.1 Å². The number of hydrogen-bond donors (Lipinski definition) is 3. The van der Waals surface area contributed by atoms with Crippen LogP contribution in [0.4, 0.5) is 16.0 Å². The molecular formula is C27H30FN7O. The predicted octanol–water partition coefficient (Wildman–Crippen LogP) is 5.01. The monoisotopic (exact) mass is 487 g/mol. The Balaban J connectivity index is 1.49. The molecule has 0 radical (unpaired) electrons. The third-order valence-corrected chi connectivity index (χ3v) is 6.15. The second-order valence-corrected chi connectivity index (χ2v) is 8.38. The minimum absolute atomic E-state index is 0.0267. The molecule has 1 aromatic carbocycles. The summed E-state index contributed by atoms with van der Waals surface area (Å²) >= 11 is 0. The first-order chi connectivity index (χ1) is 17.5. The van der Waals surface area contributed by atoms with Gasteiger partial charge in [0.15, 0.2) is 5.82 Å². The van der Waals surface area contributed by atoms with E-state index in [1.165, 1.54) is 13.4 Å². The van der Waals surface area contributed by atoms with Crippen LogP contribution >= 0.6 is 0 Å². The highest BCUT2D eigenvalue weighted by atomic mass is 19.1. The number of amides is 1. The molecule has 8 nitrogen and oxygen atoms in total. The molecule has 4 aromatic rings. The third kappa shape index (κ3) is 5.40. The van der Waals surface area contributed by atoms with E-state index in [1.54, 1.807) is 12.3 Å². The summed E-state index contributed by atoms with van der Waals surface area (Å²) in [7, 11) is 1.49. The molecule has 0 saturated heterocycles. The number of nitrogens with one attached hydrogen (secondary N) is 3. The van der Waals surface area contributed by atoms with Gasteiger partial charge in [0, 0.05) is 43.4 Å². The summed E-state index contributed by atoms with van der Waals surface area (Å²) in [5.41, 5.74) is 3.38. The van der Waals surface area contributed by atoms with Gasteiger partial charge >= 0.3 is 0 Å². The number of benzene rings is 1. The summed E-state index contributed by atoms with van der Waals surface area (Å²) in [6.07, 6.45) is 6.14. The molecule has 0 saturated carbocycles. The fourth-order valence-corrected chi connectivity index (χ4v) is 4.30. The first-order valence-corrected chi connectivity index (χ1v) is 12.1. The number of halogens is 1. The molecule has 4 rings (SSSR count). The maximum absolute atomic E-state index is 14.4. The lowest BCUT2D eigenvalue weighted by Crippen LogP contribution is -2.20. The topological polar surface area (TPSA) is 105 Å². The summed E-state index contributed by atoms with van der Waals surface area (Å²) in [6.45, 7) is 5.62. The zero-order valence-corrected chi connectivity index (χ0v) is 20.7. The standard InChI is InChI=1S/C27H30FN7O/c1-4-17(19-7-6-8-20-25(27(36)29-3)21(28)15-33-26(19)20)11-12-31-24-13-22(34-16-35-24)18-9-10-23(30-5-2)32-14-18/h6-10,13-17H,4-5,11-12H2,1-3H3,(H,29,36)(H,30,32)(H,31,34,35). The Kier molecular flexibility index (Phi) is 7.99. The van der Waals surface area contributed by atoms with Crippen molar-refractivity contribution < 1.29 is 9.18 Å². The van der Waals surface area contributed by atoms with Crippen molar-refractivity contribution >= 4 is 28.4 Å². The quantitative estimate of drug-likeness (QED) is 0.289. The zero-order chi connectivity index (χ0) is 25.5. The summed E-state index contributed by atoms with van der Waals surface area (Å²) < 4.78 is 14.4. The van der Waals surface area contributed by atoms with Gasteiger partial charge in [-0.15, -0.1) is 0 Å². The van der Waals surface area contributed by atoms with E-state index in [0.29, 0.717) is 17.4 Å². The van der Waals surface area contributed by atoms with Crippen molar-refractivity contribution in [3.63, 3.8) is 0 Å². The van der Waals surface area contributed by atoms with Crippen LogP contribution in [0, 0.1) is 5.82 Å². The minimum Gasteiger partial charge on any atom is -0.370 e. The van der Waals surface area contributed by atoms with Gasteiger partial charge in [0.2, 0.25) is 0 Å². The average Bonchev–Trinajstić information content (AvgIpc) is 2.91. The van der Waals surface area contributed by atoms with E-state index >= 15 is 0 Å². The Labute approximate surface area is 209 Å². The smallest absolute Gasteiger partial charge is 0.254 e. The number of pyridine rings is 2. The molecular weight excluding hydrogens is 457 g/mol. The molecule has 3 N–H and O–H groups in total. The van der Waals surface area contributed by atoms with Crippen molar-refractivity contribution in [1.82, 2.24) is 25.3 Å². The first kappa shape index (κ1) is 25.0. The lowest BCUT2D eigenvalue weighted by Gasteiger charge is -2.18. The summed E-state index contributed by atoms with van der Waals surface area (Å²) in [5.74, 6) is 0.636. The molecule has 0 aliphatic rings. The minimum atomic E-state index is -0.625. The molecule has 0 aliphatic carbocycles. The van der Waals surface area contributed by atoms with E-state index < -0.39 is 11.7 Å². The molecule has 186 valence electrons. The highest BCUT2D eigenvalue weighted by molar-refractivity contribution is 6.06. The van der Waals surface area contributed by atoms with Gasteiger partial charge in [0.05, 0.1) is 23.0 Å². The van der Waals surface area contributed by atoms with E-state index in [4.69, 9.17) is 0 Å². The van der Waals surface area contributed by atoms with Crippen molar-refractivity contribution in [1.29, 1.82) is 0 Å². The summed E-state index contributed by atoms with van der Waals surface area (Å²) in [4.78, 5) is 29.8. The van der Waals surface area contributed by atoms with E-state index in [-0.39, 0.29) is 11.5 Å². The summed E-state index contributed by atoms with van der Waals surface area (Å²) in [5, 5.41) is 9.61. The van der Waals surface area contributed by atoms with Gasteiger partial charge in [-0.3, -0.25) is 9.78 Å². The van der Waals surface area contributed by atoms with Crippen LogP contribution in [-0.4, -0.2) is 46.0 Å². The van der Waals surface area contributed by atoms with Gasteiger partial charge in [-0.05, 0) is 43.4 Å². The van der Waals surface area contributed by atoms with Gasteiger partial charge in [-0.2, -0.15) is 0 Å². The van der Waals surface area contributed by atoms with E-state index in [9.17, 15) is 9.18 Å². The van der Waals surface area contributed by atoms with Crippen LogP contribution < -0.4 is 16.0 Å². The fraction of sp³-hybridized carbons (Fsp3) is 0.296. The average molecular weight is 488 g/mol. The maximum atomic E-state index is 14.4. The molecule has 0 spiro atoms. The Morgan fingerprint density at radius 3 is 2.58 bits per heavy atom. The normalized spacial score (nSPS) is 11.8. The van der Waals surface area contributed by atoms with E-state index in [2.05, 4.69) is 42.8 Å². The number of nitrogens with zero attached hydrogens (tertiary/aromatic N) is 4. The van der Waals surface area contributed by atoms with Crippen molar-refractivity contribution in [3.8, 4) is 11.3 Å². The maximum Gasteiger partial charge on any atom is 0.254 e. The van der Waals surface area contributed by atoms with Crippen LogP contribution in [0.3, 0.4) is 0 Å². The third-order valence-electron chi connectivity index (χ3n) is 6.15. The Morgan fingerprint density at radius 2 is 1.86 bits per heavy atom. The van der Waals surface area contributed by atoms with Crippen LogP contribution in [0.1, 0.15) is 48.5 Å². The summed E-state index contributed by atoms with van der Waals surface area (Å²) in [6, 6.07) is 11.4. The first-order valence-electron chi connectivity index (χ1n) is 12.1.